The fourth-order valence-corrected chi connectivity index (χ4v) is 4.62. The first-order chi connectivity index (χ1) is 19.5. The number of hydrogen-bond donors (Lipinski definition) is 1. The molecule has 4 aromatic carbocycles. The van der Waals surface area contributed by atoms with Crippen molar-refractivity contribution in [2.75, 3.05) is 0 Å². The molecule has 1 N–H and O–H groups in total. The van der Waals surface area contributed by atoms with Crippen molar-refractivity contribution < 1.29 is 14.0 Å². The Morgan fingerprint density at radius 2 is 1.55 bits per heavy atom. The van der Waals surface area contributed by atoms with Gasteiger partial charge in [-0.05, 0) is 68.8 Å². The Morgan fingerprint density at radius 1 is 0.850 bits per heavy atom. The standard InChI is InChI=1S/C33H25FN4O2/c34-29-14-15-30-27(16-22-6-8-24(9-7-22)21-37-38-35)17-28(31(30)19-29)18-32(39)36-20-23-10-12-26(13-11-23)33(40)25-4-2-1-3-5-25/h1-17,19H,18,20-21H2,(H,36,39)/b27-16+. The molecule has 4 aromatic rings. The van der Waals surface area contributed by atoms with Gasteiger partial charge in [-0.3, -0.25) is 9.59 Å². The lowest BCUT2D eigenvalue weighted by atomic mass is 10.0. The summed E-state index contributed by atoms with van der Waals surface area (Å²) in [6, 6.07) is 28.5. The Labute approximate surface area is 231 Å². The van der Waals surface area contributed by atoms with E-state index in [0.29, 0.717) is 23.2 Å². The normalized spacial score (nSPS) is 12.8. The van der Waals surface area contributed by atoms with E-state index in [1.807, 2.05) is 66.7 Å². The van der Waals surface area contributed by atoms with Crippen molar-refractivity contribution in [1.82, 2.24) is 5.32 Å². The highest BCUT2D eigenvalue weighted by Crippen LogP contribution is 2.38. The van der Waals surface area contributed by atoms with Crippen LogP contribution in [0.2, 0.25) is 0 Å². The van der Waals surface area contributed by atoms with Crippen LogP contribution >= 0.6 is 0 Å². The van der Waals surface area contributed by atoms with Crippen LogP contribution in [0.3, 0.4) is 0 Å². The lowest BCUT2D eigenvalue weighted by Gasteiger charge is -2.09. The third kappa shape index (κ3) is 6.23. The molecule has 40 heavy (non-hydrogen) atoms. The Morgan fingerprint density at radius 3 is 2.27 bits per heavy atom. The second-order valence-electron chi connectivity index (χ2n) is 9.44. The highest BCUT2D eigenvalue weighted by molar-refractivity contribution is 6.09. The number of ketones is 1. The number of hydrogen-bond acceptors (Lipinski definition) is 3. The van der Waals surface area contributed by atoms with Crippen LogP contribution in [-0.2, 0) is 17.9 Å². The Bertz CT molecular complexity index is 1670. The van der Waals surface area contributed by atoms with Gasteiger partial charge in [0.2, 0.25) is 5.91 Å². The molecule has 0 spiro atoms. The summed E-state index contributed by atoms with van der Waals surface area (Å²) in [6.45, 7) is 0.595. The lowest BCUT2D eigenvalue weighted by Crippen LogP contribution is -2.22. The van der Waals surface area contributed by atoms with Crippen molar-refractivity contribution in [2.24, 2.45) is 5.11 Å². The molecule has 0 saturated carbocycles. The number of allylic oxidation sites excluding steroid dienone is 2. The maximum absolute atomic E-state index is 14.1. The van der Waals surface area contributed by atoms with Crippen molar-refractivity contribution >= 4 is 28.9 Å². The van der Waals surface area contributed by atoms with Gasteiger partial charge >= 0.3 is 0 Å². The summed E-state index contributed by atoms with van der Waals surface area (Å²) in [4.78, 5) is 28.3. The van der Waals surface area contributed by atoms with E-state index in [-0.39, 0.29) is 30.5 Å². The number of rotatable bonds is 9. The first-order valence-electron chi connectivity index (χ1n) is 12.8. The van der Waals surface area contributed by atoms with Crippen LogP contribution in [0.4, 0.5) is 4.39 Å². The average molecular weight is 529 g/mol. The van der Waals surface area contributed by atoms with Crippen LogP contribution in [0.15, 0.2) is 108 Å². The summed E-state index contributed by atoms with van der Waals surface area (Å²) in [7, 11) is 0. The van der Waals surface area contributed by atoms with Crippen LogP contribution in [0, 0.1) is 5.82 Å². The molecule has 0 atom stereocenters. The predicted octanol–water partition coefficient (Wildman–Crippen LogP) is 7.51. The molecule has 0 fully saturated rings. The molecule has 0 aliphatic heterocycles. The first kappa shape index (κ1) is 26.4. The molecule has 1 aliphatic carbocycles. The van der Waals surface area contributed by atoms with Crippen molar-refractivity contribution in [3.8, 4) is 0 Å². The molecule has 7 heteroatoms. The quantitative estimate of drug-likeness (QED) is 0.105. The minimum atomic E-state index is -0.362. The number of halogens is 1. The number of amides is 1. The fraction of sp³-hybridized carbons (Fsp3) is 0.0909. The minimum absolute atomic E-state index is 0.0526. The summed E-state index contributed by atoms with van der Waals surface area (Å²) in [6.07, 6.45) is 4.00. The monoisotopic (exact) mass is 528 g/mol. The van der Waals surface area contributed by atoms with Crippen molar-refractivity contribution in [3.05, 3.63) is 158 Å². The van der Waals surface area contributed by atoms with E-state index < -0.39 is 0 Å². The van der Waals surface area contributed by atoms with Gasteiger partial charge in [-0.2, -0.15) is 0 Å². The zero-order valence-corrected chi connectivity index (χ0v) is 21.5. The molecule has 0 radical (unpaired) electrons. The molecule has 5 rings (SSSR count). The summed E-state index contributed by atoms with van der Waals surface area (Å²) in [5, 5.41) is 6.50. The molecular weight excluding hydrogens is 503 g/mol. The van der Waals surface area contributed by atoms with Gasteiger partial charge in [0.1, 0.15) is 5.82 Å². The third-order valence-electron chi connectivity index (χ3n) is 6.68. The van der Waals surface area contributed by atoms with Crippen LogP contribution in [-0.4, -0.2) is 11.7 Å². The fourth-order valence-electron chi connectivity index (χ4n) is 4.62. The number of carbonyl (C=O) groups excluding carboxylic acids is 2. The van der Waals surface area contributed by atoms with Crippen molar-refractivity contribution in [2.45, 2.75) is 19.5 Å². The summed E-state index contributed by atoms with van der Waals surface area (Å²) in [5.74, 6) is -0.600. The second-order valence-corrected chi connectivity index (χ2v) is 9.44. The number of azide groups is 1. The molecular formula is C33H25FN4O2. The van der Waals surface area contributed by atoms with Crippen LogP contribution < -0.4 is 5.32 Å². The number of benzene rings is 4. The van der Waals surface area contributed by atoms with Gasteiger partial charge in [0.15, 0.2) is 5.78 Å². The average Bonchev–Trinajstić information content (AvgIpc) is 3.31. The zero-order valence-electron chi connectivity index (χ0n) is 21.5. The third-order valence-corrected chi connectivity index (χ3v) is 6.68. The zero-order chi connectivity index (χ0) is 27.9. The number of carbonyl (C=O) groups is 2. The summed E-state index contributed by atoms with van der Waals surface area (Å²) >= 11 is 0. The van der Waals surface area contributed by atoms with E-state index in [9.17, 15) is 14.0 Å². The molecule has 6 nitrogen and oxygen atoms in total. The summed E-state index contributed by atoms with van der Waals surface area (Å²) in [5.41, 5.74) is 15.6. The van der Waals surface area contributed by atoms with Crippen LogP contribution in [0.1, 0.15) is 50.2 Å². The predicted molar refractivity (Wildman–Crippen MR) is 154 cm³/mol. The molecule has 0 saturated heterocycles. The number of nitrogens with zero attached hydrogens (tertiary/aromatic N) is 3. The van der Waals surface area contributed by atoms with Crippen LogP contribution in [0.25, 0.3) is 27.7 Å². The summed E-state index contributed by atoms with van der Waals surface area (Å²) < 4.78 is 14.1. The molecule has 0 bridgehead atoms. The highest BCUT2D eigenvalue weighted by Gasteiger charge is 2.21. The van der Waals surface area contributed by atoms with Gasteiger partial charge < -0.3 is 5.32 Å². The molecule has 0 unspecified atom stereocenters. The topological polar surface area (TPSA) is 94.9 Å². The van der Waals surface area contributed by atoms with Gasteiger partial charge in [-0.25, -0.2) is 4.39 Å². The molecule has 0 heterocycles. The van der Waals surface area contributed by atoms with Crippen molar-refractivity contribution in [3.63, 3.8) is 0 Å². The van der Waals surface area contributed by atoms with E-state index in [1.54, 1.807) is 30.3 Å². The van der Waals surface area contributed by atoms with Gasteiger partial charge in [0.05, 0.1) is 13.0 Å². The number of nitrogens with one attached hydrogen (secondary N) is 1. The van der Waals surface area contributed by atoms with E-state index in [1.165, 1.54) is 12.1 Å². The molecule has 1 aliphatic rings. The Hall–Kier alpha value is -5.26. The highest BCUT2D eigenvalue weighted by atomic mass is 19.1. The van der Waals surface area contributed by atoms with Gasteiger partial charge in [0.25, 0.3) is 0 Å². The van der Waals surface area contributed by atoms with Gasteiger partial charge in [0, 0.05) is 22.6 Å². The SMILES string of the molecule is [N-]=[N+]=NCc1ccc(/C=C2\C=C(CC(=O)NCc3ccc(C(=O)c4ccccc4)cc3)c3cc(F)ccc32)cc1. The van der Waals surface area contributed by atoms with Gasteiger partial charge in [-0.15, -0.1) is 0 Å². The van der Waals surface area contributed by atoms with Crippen molar-refractivity contribution in [1.29, 1.82) is 0 Å². The lowest BCUT2D eigenvalue weighted by molar-refractivity contribution is -0.120. The largest absolute Gasteiger partial charge is 0.352 e. The molecule has 1 amide bonds. The maximum atomic E-state index is 14.1. The Balaban J connectivity index is 1.26. The minimum Gasteiger partial charge on any atom is -0.352 e. The first-order valence-corrected chi connectivity index (χ1v) is 12.8. The molecule has 196 valence electrons. The van der Waals surface area contributed by atoms with Gasteiger partial charge in [-0.1, -0.05) is 90.0 Å². The van der Waals surface area contributed by atoms with E-state index in [0.717, 1.165) is 33.4 Å². The molecule has 0 aromatic heterocycles. The van der Waals surface area contributed by atoms with E-state index in [4.69, 9.17) is 5.53 Å². The van der Waals surface area contributed by atoms with E-state index >= 15 is 0 Å². The number of fused-ring (bicyclic) bond motifs is 1. The van der Waals surface area contributed by atoms with E-state index in [2.05, 4.69) is 15.3 Å². The maximum Gasteiger partial charge on any atom is 0.224 e. The smallest absolute Gasteiger partial charge is 0.224 e. The second kappa shape index (κ2) is 12.1. The Kier molecular flexibility index (Phi) is 7.95. The van der Waals surface area contributed by atoms with Crippen LogP contribution in [0.5, 0.6) is 0 Å².